The minimum Gasteiger partial charge on any atom is -0.337 e. The molecule has 66 valence electrons. The van der Waals surface area contributed by atoms with Crippen molar-refractivity contribution < 1.29 is 9.53 Å². The van der Waals surface area contributed by atoms with Gasteiger partial charge >= 0.3 is 0 Å². The maximum Gasteiger partial charge on any atom is 0.238 e. The lowest BCUT2D eigenvalue weighted by Gasteiger charge is -1.95. The number of isocyanates is 1. The zero-order valence-corrected chi connectivity index (χ0v) is 7.23. The lowest BCUT2D eigenvalue weighted by molar-refractivity contribution is 0.316. The summed E-state index contributed by atoms with van der Waals surface area (Å²) in [7, 11) is 0. The third kappa shape index (κ3) is 1.39. The van der Waals surface area contributed by atoms with Gasteiger partial charge in [0.25, 0.3) is 0 Å². The van der Waals surface area contributed by atoms with Crippen LogP contribution in [0.25, 0.3) is 0 Å². The summed E-state index contributed by atoms with van der Waals surface area (Å²) in [5.74, 6) is 0. The van der Waals surface area contributed by atoms with Gasteiger partial charge in [-0.15, -0.1) is 0 Å². The molecule has 1 aromatic carbocycles. The summed E-state index contributed by atoms with van der Waals surface area (Å²) in [5.41, 5.74) is 0.368. The molecule has 0 saturated carbocycles. The molecule has 2 rings (SSSR count). The maximum atomic E-state index is 10.1. The molecule has 1 aliphatic rings. The van der Waals surface area contributed by atoms with Gasteiger partial charge in [0.1, 0.15) is 6.10 Å². The van der Waals surface area contributed by atoms with Crippen LogP contribution in [0.5, 0.6) is 0 Å². The number of ether oxygens (including phenoxy) is 1. The first-order valence-electron chi connectivity index (χ1n) is 4.08. The molecule has 3 nitrogen and oxygen atoms in total. The second-order valence-electron chi connectivity index (χ2n) is 3.17. The van der Waals surface area contributed by atoms with E-state index in [4.69, 9.17) is 4.74 Å². The Morgan fingerprint density at radius 1 is 1.46 bits per heavy atom. The molecular formula is C10H9NO2. The average Bonchev–Trinajstić information content (AvgIpc) is 2.80. The van der Waals surface area contributed by atoms with Crippen LogP contribution < -0.4 is 0 Å². The lowest BCUT2D eigenvalue weighted by Crippen LogP contribution is -2.00. The highest BCUT2D eigenvalue weighted by atomic mass is 16.6. The molecule has 1 fully saturated rings. The first-order valence-corrected chi connectivity index (χ1v) is 4.08. The first kappa shape index (κ1) is 8.17. The van der Waals surface area contributed by atoms with E-state index >= 15 is 0 Å². The van der Waals surface area contributed by atoms with Crippen molar-refractivity contribution in [3.8, 4) is 0 Å². The molecule has 0 aliphatic carbocycles. The third-order valence-electron chi connectivity index (χ3n) is 2.16. The fourth-order valence-electron chi connectivity index (χ4n) is 1.39. The number of hydrogen-bond acceptors (Lipinski definition) is 3. The van der Waals surface area contributed by atoms with Crippen LogP contribution in [0.1, 0.15) is 18.6 Å². The smallest absolute Gasteiger partial charge is 0.238 e. The van der Waals surface area contributed by atoms with Crippen molar-refractivity contribution in [3.63, 3.8) is 0 Å². The molecule has 0 bridgehead atoms. The van der Waals surface area contributed by atoms with Crippen LogP contribution in [0.15, 0.2) is 35.3 Å². The highest BCUT2D eigenvalue weighted by Crippen LogP contribution is 2.49. The predicted molar refractivity (Wildman–Crippen MR) is 46.8 cm³/mol. The molecule has 0 radical (unpaired) electrons. The fourth-order valence-corrected chi connectivity index (χ4v) is 1.39. The maximum absolute atomic E-state index is 10.1. The van der Waals surface area contributed by atoms with Crippen molar-refractivity contribution >= 4 is 6.08 Å². The Morgan fingerprint density at radius 3 is 2.77 bits per heavy atom. The average molecular weight is 175 g/mol. The normalized spacial score (nSPS) is 30.7. The van der Waals surface area contributed by atoms with E-state index in [-0.39, 0.29) is 6.10 Å². The highest BCUT2D eigenvalue weighted by Gasteiger charge is 2.53. The van der Waals surface area contributed by atoms with Crippen LogP contribution in [0.3, 0.4) is 0 Å². The van der Waals surface area contributed by atoms with Crippen molar-refractivity contribution in [1.29, 1.82) is 0 Å². The number of nitrogens with zero attached hydrogens (tertiary/aromatic N) is 1. The van der Waals surface area contributed by atoms with Gasteiger partial charge in [-0.05, 0) is 12.5 Å². The van der Waals surface area contributed by atoms with Gasteiger partial charge in [0.05, 0.1) is 0 Å². The summed E-state index contributed by atoms with van der Waals surface area (Å²) in [6.45, 7) is 1.77. The zero-order valence-electron chi connectivity index (χ0n) is 7.23. The van der Waals surface area contributed by atoms with Gasteiger partial charge in [-0.1, -0.05) is 30.3 Å². The Kier molecular flexibility index (Phi) is 1.76. The number of benzene rings is 1. The summed E-state index contributed by atoms with van der Waals surface area (Å²) in [6.07, 6.45) is 1.43. The van der Waals surface area contributed by atoms with Crippen LogP contribution in [-0.2, 0) is 9.53 Å². The van der Waals surface area contributed by atoms with Crippen LogP contribution in [0.4, 0.5) is 0 Å². The highest BCUT2D eigenvalue weighted by molar-refractivity contribution is 5.37. The second kappa shape index (κ2) is 2.80. The zero-order chi connectivity index (χ0) is 9.31. The monoisotopic (exact) mass is 175 g/mol. The van der Waals surface area contributed by atoms with Gasteiger partial charge in [-0.25, -0.2) is 4.79 Å². The molecule has 1 heterocycles. The van der Waals surface area contributed by atoms with Crippen LogP contribution >= 0.6 is 0 Å². The van der Waals surface area contributed by atoms with Crippen LogP contribution in [0.2, 0.25) is 0 Å². The van der Waals surface area contributed by atoms with Gasteiger partial charge in [0.15, 0.2) is 5.72 Å². The SMILES string of the molecule is CC1(N=C=O)OC1c1ccccc1. The summed E-state index contributed by atoms with van der Waals surface area (Å²) >= 11 is 0. The van der Waals surface area contributed by atoms with E-state index in [1.165, 1.54) is 6.08 Å². The summed E-state index contributed by atoms with van der Waals surface area (Å²) in [4.78, 5) is 13.7. The molecule has 2 atom stereocenters. The lowest BCUT2D eigenvalue weighted by atomic mass is 10.1. The molecule has 0 N–H and O–H groups in total. The number of aliphatic imine (C=N–C) groups is 1. The molecule has 3 heteroatoms. The van der Waals surface area contributed by atoms with Crippen molar-refractivity contribution in [3.05, 3.63) is 35.9 Å². The van der Waals surface area contributed by atoms with Crippen molar-refractivity contribution in [2.24, 2.45) is 4.99 Å². The van der Waals surface area contributed by atoms with E-state index in [2.05, 4.69) is 4.99 Å². The van der Waals surface area contributed by atoms with Crippen molar-refractivity contribution in [2.75, 3.05) is 0 Å². The Balaban J connectivity index is 2.20. The standard InChI is InChI=1S/C10H9NO2/c1-10(11-7-12)9(13-10)8-5-3-2-4-6-8/h2-6,9H,1H3. The molecule has 0 amide bonds. The number of rotatable bonds is 2. The van der Waals surface area contributed by atoms with Crippen LogP contribution in [0, 0.1) is 0 Å². The predicted octanol–water partition coefficient (Wildman–Crippen LogP) is 1.81. The molecule has 0 spiro atoms. The molecule has 0 aromatic heterocycles. The second-order valence-corrected chi connectivity index (χ2v) is 3.17. The topological polar surface area (TPSA) is 42.0 Å². The van der Waals surface area contributed by atoms with Gasteiger partial charge < -0.3 is 4.74 Å². The van der Waals surface area contributed by atoms with E-state index in [1.807, 2.05) is 30.3 Å². The number of carbonyl (C=O) groups excluding carboxylic acids is 1. The van der Waals surface area contributed by atoms with Gasteiger partial charge in [0.2, 0.25) is 6.08 Å². The quantitative estimate of drug-likeness (QED) is 0.391. The molecule has 1 saturated heterocycles. The molecule has 13 heavy (non-hydrogen) atoms. The van der Waals surface area contributed by atoms with E-state index < -0.39 is 5.72 Å². The fraction of sp³-hybridized carbons (Fsp3) is 0.300. The van der Waals surface area contributed by atoms with E-state index in [0.29, 0.717) is 0 Å². The first-order chi connectivity index (χ1) is 6.26. The van der Waals surface area contributed by atoms with E-state index in [9.17, 15) is 4.79 Å². The Bertz CT molecular complexity index is 356. The van der Waals surface area contributed by atoms with Crippen molar-refractivity contribution in [2.45, 2.75) is 18.8 Å². The summed E-state index contributed by atoms with van der Waals surface area (Å²) < 4.78 is 5.30. The van der Waals surface area contributed by atoms with Gasteiger partial charge in [0, 0.05) is 0 Å². The minimum absolute atomic E-state index is 0.0878. The molecular weight excluding hydrogens is 166 g/mol. The molecule has 2 unspecified atom stereocenters. The molecule has 1 aliphatic heterocycles. The van der Waals surface area contributed by atoms with E-state index in [0.717, 1.165) is 5.56 Å². The van der Waals surface area contributed by atoms with Crippen molar-refractivity contribution in [1.82, 2.24) is 0 Å². The Labute approximate surface area is 76.1 Å². The minimum atomic E-state index is -0.677. The van der Waals surface area contributed by atoms with E-state index in [1.54, 1.807) is 6.92 Å². The molecule has 1 aromatic rings. The summed E-state index contributed by atoms with van der Waals surface area (Å²) in [6, 6.07) is 9.71. The summed E-state index contributed by atoms with van der Waals surface area (Å²) in [5, 5.41) is 0. The largest absolute Gasteiger partial charge is 0.337 e. The van der Waals surface area contributed by atoms with Gasteiger partial charge in [-0.2, -0.15) is 4.99 Å². The van der Waals surface area contributed by atoms with Gasteiger partial charge in [-0.3, -0.25) is 0 Å². The Morgan fingerprint density at radius 2 is 2.15 bits per heavy atom. The number of hydrogen-bond donors (Lipinski definition) is 0. The number of epoxide rings is 1. The third-order valence-corrected chi connectivity index (χ3v) is 2.16. The Hall–Kier alpha value is -1.44. The van der Waals surface area contributed by atoms with Crippen LogP contribution in [-0.4, -0.2) is 11.8 Å².